The Morgan fingerprint density at radius 3 is 1.89 bits per heavy atom. The zero-order chi connectivity index (χ0) is 20.3. The normalized spacial score (nSPS) is 32.3. The molecular formula is C24H42O3. The molecule has 27 heavy (non-hydrogen) atoms. The Balaban J connectivity index is 2.15. The molecule has 156 valence electrons. The number of hydrogen-bond acceptors (Lipinski definition) is 2. The van der Waals surface area contributed by atoms with Crippen LogP contribution < -0.4 is 0 Å². The number of hydrogen-bond donors (Lipinski definition) is 1. The van der Waals surface area contributed by atoms with Gasteiger partial charge in [-0.3, -0.25) is 9.59 Å². The van der Waals surface area contributed by atoms with Gasteiger partial charge in [0.1, 0.15) is 5.78 Å². The van der Waals surface area contributed by atoms with E-state index in [1.807, 2.05) is 0 Å². The summed E-state index contributed by atoms with van der Waals surface area (Å²) in [6.45, 7) is 10.8. The molecule has 3 heteroatoms. The van der Waals surface area contributed by atoms with Crippen LogP contribution in [-0.4, -0.2) is 16.9 Å². The van der Waals surface area contributed by atoms with Crippen LogP contribution >= 0.6 is 0 Å². The third-order valence-electron chi connectivity index (χ3n) is 8.12. The fraction of sp³-hybridized carbons (Fsp3) is 0.917. The first-order valence-electron chi connectivity index (χ1n) is 11.5. The molecular weight excluding hydrogens is 336 g/mol. The van der Waals surface area contributed by atoms with Crippen LogP contribution in [-0.2, 0) is 9.59 Å². The van der Waals surface area contributed by atoms with Crippen LogP contribution in [0, 0.1) is 28.1 Å². The van der Waals surface area contributed by atoms with Gasteiger partial charge in [-0.2, -0.15) is 0 Å². The van der Waals surface area contributed by atoms with Crippen LogP contribution in [0.1, 0.15) is 112 Å². The van der Waals surface area contributed by atoms with E-state index >= 15 is 0 Å². The number of fused-ring (bicyclic) bond motifs is 1. The lowest BCUT2D eigenvalue weighted by atomic mass is 9.62. The lowest BCUT2D eigenvalue weighted by Crippen LogP contribution is -2.44. The highest BCUT2D eigenvalue weighted by molar-refractivity contribution is 5.94. The first-order chi connectivity index (χ1) is 12.7. The fourth-order valence-electron chi connectivity index (χ4n) is 6.01. The molecule has 2 aliphatic carbocycles. The Hall–Kier alpha value is -0.860. The smallest absolute Gasteiger partial charge is 0.309 e. The summed E-state index contributed by atoms with van der Waals surface area (Å²) in [5.41, 5.74) is -1.35. The van der Waals surface area contributed by atoms with Gasteiger partial charge in [0.2, 0.25) is 0 Å². The second-order valence-electron chi connectivity index (χ2n) is 10.1. The maximum Gasteiger partial charge on any atom is 0.309 e. The van der Waals surface area contributed by atoms with E-state index in [0.717, 1.165) is 25.7 Å². The lowest BCUT2D eigenvalue weighted by molar-refractivity contribution is -0.144. The van der Waals surface area contributed by atoms with Crippen LogP contribution in [0.5, 0.6) is 0 Å². The molecule has 2 fully saturated rings. The fourth-order valence-corrected chi connectivity index (χ4v) is 6.01. The number of rotatable bonds is 13. The van der Waals surface area contributed by atoms with Gasteiger partial charge >= 0.3 is 5.97 Å². The summed E-state index contributed by atoms with van der Waals surface area (Å²) >= 11 is 0. The Labute approximate surface area is 166 Å². The maximum absolute atomic E-state index is 13.9. The van der Waals surface area contributed by atoms with Crippen molar-refractivity contribution >= 4 is 11.8 Å². The van der Waals surface area contributed by atoms with Gasteiger partial charge in [-0.05, 0) is 37.5 Å². The summed E-state index contributed by atoms with van der Waals surface area (Å²) in [5, 5.41) is 9.74. The molecule has 0 aromatic carbocycles. The van der Waals surface area contributed by atoms with Crippen molar-refractivity contribution in [3.05, 3.63) is 0 Å². The highest BCUT2D eigenvalue weighted by Gasteiger charge is 2.76. The van der Waals surface area contributed by atoms with E-state index in [4.69, 9.17) is 0 Å². The van der Waals surface area contributed by atoms with Gasteiger partial charge in [-0.15, -0.1) is 0 Å². The van der Waals surface area contributed by atoms with Crippen molar-refractivity contribution in [2.45, 2.75) is 112 Å². The van der Waals surface area contributed by atoms with E-state index in [1.165, 1.54) is 38.5 Å². The number of aliphatic carboxylic acids is 1. The third kappa shape index (κ3) is 4.12. The Morgan fingerprint density at radius 2 is 1.48 bits per heavy atom. The van der Waals surface area contributed by atoms with Crippen LogP contribution in [0.15, 0.2) is 0 Å². The molecule has 1 N–H and O–H groups in total. The van der Waals surface area contributed by atoms with Gasteiger partial charge in [0.05, 0.1) is 5.41 Å². The minimum atomic E-state index is -0.677. The zero-order valence-electron chi connectivity index (χ0n) is 18.4. The van der Waals surface area contributed by atoms with Crippen molar-refractivity contribution in [3.8, 4) is 0 Å². The summed E-state index contributed by atoms with van der Waals surface area (Å²) < 4.78 is 0. The second kappa shape index (κ2) is 8.66. The zero-order valence-corrected chi connectivity index (χ0v) is 18.4. The molecule has 0 aromatic heterocycles. The highest BCUT2D eigenvalue weighted by Crippen LogP contribution is 2.74. The molecule has 0 aliphatic heterocycles. The van der Waals surface area contributed by atoms with Gasteiger partial charge < -0.3 is 5.11 Å². The second-order valence-corrected chi connectivity index (χ2v) is 10.1. The monoisotopic (exact) mass is 378 g/mol. The number of Topliss-reactive ketones (excluding diaryl/α,β-unsaturated/α-hetero) is 1. The van der Waals surface area contributed by atoms with E-state index in [2.05, 4.69) is 34.6 Å². The summed E-state index contributed by atoms with van der Waals surface area (Å²) in [4.78, 5) is 25.8. The largest absolute Gasteiger partial charge is 0.481 e. The highest BCUT2D eigenvalue weighted by atomic mass is 16.4. The Bertz CT molecular complexity index is 528. The number of carbonyl (C=O) groups is 2. The molecule has 2 rings (SSSR count). The minimum Gasteiger partial charge on any atom is -0.481 e. The van der Waals surface area contributed by atoms with E-state index < -0.39 is 16.8 Å². The van der Waals surface area contributed by atoms with Gasteiger partial charge in [-0.25, -0.2) is 0 Å². The van der Waals surface area contributed by atoms with Gasteiger partial charge in [-0.1, -0.05) is 86.0 Å². The topological polar surface area (TPSA) is 54.4 Å². The number of ketones is 1. The number of unbranched alkanes of at least 4 members (excludes halogenated alkanes) is 6. The molecule has 0 saturated heterocycles. The molecule has 2 saturated carbocycles. The molecule has 0 spiro atoms. The van der Waals surface area contributed by atoms with Gasteiger partial charge in [0.25, 0.3) is 0 Å². The van der Waals surface area contributed by atoms with Gasteiger partial charge in [0, 0.05) is 10.8 Å². The van der Waals surface area contributed by atoms with Crippen molar-refractivity contribution in [1.82, 2.24) is 0 Å². The molecule has 2 aliphatic rings. The molecule has 0 heterocycles. The standard InChI is InChI=1S/C24H42O3/c1-6-8-10-12-14-22(4,15-13-11-9-7-2)20(25)23(5)18(3)16-24(21(26)27)17-19(23)24/h18-19H,6-17H2,1-5H3,(H,26,27). The summed E-state index contributed by atoms with van der Waals surface area (Å²) in [5.74, 6) is -0.0781. The molecule has 4 unspecified atom stereocenters. The van der Waals surface area contributed by atoms with E-state index in [1.54, 1.807) is 0 Å². The quantitative estimate of drug-likeness (QED) is 0.365. The Kier molecular flexibility index (Phi) is 7.19. The number of carboxylic acid groups (broad SMARTS) is 1. The van der Waals surface area contributed by atoms with Crippen LogP contribution in [0.25, 0.3) is 0 Å². The molecule has 0 amide bonds. The van der Waals surface area contributed by atoms with Crippen LogP contribution in [0.3, 0.4) is 0 Å². The average molecular weight is 379 g/mol. The van der Waals surface area contributed by atoms with Crippen LogP contribution in [0.4, 0.5) is 0 Å². The lowest BCUT2D eigenvalue weighted by Gasteiger charge is -2.40. The van der Waals surface area contributed by atoms with Crippen LogP contribution in [0.2, 0.25) is 0 Å². The Morgan fingerprint density at radius 1 is 0.963 bits per heavy atom. The summed E-state index contributed by atoms with van der Waals surface area (Å²) in [6.07, 6.45) is 12.8. The predicted molar refractivity (Wildman–Crippen MR) is 111 cm³/mol. The molecule has 0 bridgehead atoms. The minimum absolute atomic E-state index is 0.0515. The van der Waals surface area contributed by atoms with E-state index in [9.17, 15) is 14.7 Å². The molecule has 3 nitrogen and oxygen atoms in total. The summed E-state index contributed by atoms with van der Waals surface area (Å²) in [6, 6.07) is 0. The predicted octanol–water partition coefficient (Wildman–Crippen LogP) is 6.64. The maximum atomic E-state index is 13.9. The van der Waals surface area contributed by atoms with Crippen molar-refractivity contribution in [1.29, 1.82) is 0 Å². The number of carbonyl (C=O) groups excluding carboxylic acids is 1. The third-order valence-corrected chi connectivity index (χ3v) is 8.12. The first kappa shape index (κ1) is 22.4. The molecule has 4 atom stereocenters. The average Bonchev–Trinajstić information content (AvgIpc) is 3.32. The van der Waals surface area contributed by atoms with Crippen molar-refractivity contribution in [3.63, 3.8) is 0 Å². The van der Waals surface area contributed by atoms with Crippen molar-refractivity contribution < 1.29 is 14.7 Å². The van der Waals surface area contributed by atoms with Crippen molar-refractivity contribution in [2.75, 3.05) is 0 Å². The van der Waals surface area contributed by atoms with Gasteiger partial charge in [0.15, 0.2) is 0 Å². The van der Waals surface area contributed by atoms with E-state index in [0.29, 0.717) is 18.6 Å². The van der Waals surface area contributed by atoms with Crippen molar-refractivity contribution in [2.24, 2.45) is 28.1 Å². The first-order valence-corrected chi connectivity index (χ1v) is 11.5. The van der Waals surface area contributed by atoms with E-state index in [-0.39, 0.29) is 17.3 Å². The SMILES string of the molecule is CCCCCCC(C)(CCCCCC)C(=O)C1(C)C(C)CC2(C(=O)O)CC21. The molecule has 0 radical (unpaired) electrons. The molecule has 0 aromatic rings. The summed E-state index contributed by atoms with van der Waals surface area (Å²) in [7, 11) is 0. The number of carboxylic acids is 1.